The van der Waals surface area contributed by atoms with Crippen LogP contribution in [-0.2, 0) is 4.79 Å². The Morgan fingerprint density at radius 1 is 1.00 bits per heavy atom. The molecule has 5 nitrogen and oxygen atoms in total. The molecule has 0 saturated carbocycles. The zero-order valence-corrected chi connectivity index (χ0v) is 11.7. The normalized spacial score (nSPS) is 10.5. The van der Waals surface area contributed by atoms with Crippen molar-refractivity contribution in [3.05, 3.63) is 72.3 Å². The average molecular weight is 297 g/mol. The van der Waals surface area contributed by atoms with E-state index < -0.39 is 11.9 Å². The molecule has 0 saturated heterocycles. The van der Waals surface area contributed by atoms with Crippen molar-refractivity contribution in [2.24, 2.45) is 0 Å². The van der Waals surface area contributed by atoms with Crippen molar-refractivity contribution < 1.29 is 19.8 Å². The molecule has 2 N–H and O–H groups in total. The summed E-state index contributed by atoms with van der Waals surface area (Å²) in [6, 6.07) is 15.1. The summed E-state index contributed by atoms with van der Waals surface area (Å²) < 4.78 is 0. The number of carboxylic acids is 1. The third kappa shape index (κ3) is 3.73. The number of anilines is 1. The zero-order valence-electron chi connectivity index (χ0n) is 11.7. The van der Waals surface area contributed by atoms with Gasteiger partial charge in [-0.3, -0.25) is 4.79 Å². The summed E-state index contributed by atoms with van der Waals surface area (Å²) in [5, 5.41) is 18.5. The van der Waals surface area contributed by atoms with Gasteiger partial charge in [0.05, 0.1) is 5.56 Å². The first-order valence-electron chi connectivity index (χ1n) is 6.64. The molecule has 0 radical (unpaired) electrons. The minimum absolute atomic E-state index is 0.0868. The smallest absolute Gasteiger partial charge is 0.328 e. The van der Waals surface area contributed by atoms with E-state index in [1.165, 1.54) is 23.1 Å². The highest BCUT2D eigenvalue weighted by atomic mass is 16.4. The van der Waals surface area contributed by atoms with E-state index in [0.717, 1.165) is 6.08 Å². The van der Waals surface area contributed by atoms with Crippen LogP contribution in [0, 0.1) is 0 Å². The highest BCUT2D eigenvalue weighted by molar-refractivity contribution is 6.08. The van der Waals surface area contributed by atoms with Gasteiger partial charge in [0.2, 0.25) is 0 Å². The Hall–Kier alpha value is -3.08. The van der Waals surface area contributed by atoms with Gasteiger partial charge in [-0.05, 0) is 24.3 Å². The maximum atomic E-state index is 12.6. The highest BCUT2D eigenvalue weighted by Gasteiger charge is 2.19. The third-order valence-corrected chi connectivity index (χ3v) is 3.00. The SMILES string of the molecule is O=C(O)C=CCN(C(=O)c1ccccc1O)c1ccccc1. The Labute approximate surface area is 127 Å². The van der Waals surface area contributed by atoms with Crippen LogP contribution in [0.15, 0.2) is 66.7 Å². The van der Waals surface area contributed by atoms with Gasteiger partial charge in [-0.1, -0.05) is 36.4 Å². The molecular formula is C17H15NO4. The molecule has 112 valence electrons. The Morgan fingerprint density at radius 2 is 1.64 bits per heavy atom. The second-order valence-electron chi connectivity index (χ2n) is 4.51. The van der Waals surface area contributed by atoms with E-state index in [9.17, 15) is 14.7 Å². The summed E-state index contributed by atoms with van der Waals surface area (Å²) in [7, 11) is 0. The van der Waals surface area contributed by atoms with Crippen molar-refractivity contribution in [1.82, 2.24) is 0 Å². The van der Waals surface area contributed by atoms with Gasteiger partial charge in [-0.2, -0.15) is 0 Å². The van der Waals surface area contributed by atoms with E-state index in [1.807, 2.05) is 6.07 Å². The molecule has 0 aromatic heterocycles. The summed E-state index contributed by atoms with van der Waals surface area (Å²) in [6.45, 7) is 0.0868. The van der Waals surface area contributed by atoms with Crippen LogP contribution in [0.3, 0.4) is 0 Å². The van der Waals surface area contributed by atoms with Gasteiger partial charge >= 0.3 is 5.97 Å². The lowest BCUT2D eigenvalue weighted by Gasteiger charge is -2.21. The molecule has 0 aliphatic rings. The van der Waals surface area contributed by atoms with Crippen LogP contribution in [0.1, 0.15) is 10.4 Å². The van der Waals surface area contributed by atoms with Crippen molar-refractivity contribution in [1.29, 1.82) is 0 Å². The van der Waals surface area contributed by atoms with E-state index in [4.69, 9.17) is 5.11 Å². The largest absolute Gasteiger partial charge is 0.507 e. The lowest BCUT2D eigenvalue weighted by Crippen LogP contribution is -2.31. The second kappa shape index (κ2) is 7.08. The minimum Gasteiger partial charge on any atom is -0.507 e. The molecule has 22 heavy (non-hydrogen) atoms. The monoisotopic (exact) mass is 297 g/mol. The number of hydrogen-bond acceptors (Lipinski definition) is 3. The number of aromatic hydroxyl groups is 1. The van der Waals surface area contributed by atoms with Gasteiger partial charge in [-0.15, -0.1) is 0 Å². The molecule has 2 rings (SSSR count). The van der Waals surface area contributed by atoms with E-state index in [2.05, 4.69) is 0 Å². The van der Waals surface area contributed by atoms with Crippen LogP contribution in [0.25, 0.3) is 0 Å². The molecule has 2 aromatic carbocycles. The molecule has 0 aliphatic carbocycles. The van der Waals surface area contributed by atoms with E-state index in [-0.39, 0.29) is 17.9 Å². The Balaban J connectivity index is 2.34. The summed E-state index contributed by atoms with van der Waals surface area (Å²) in [5.41, 5.74) is 0.779. The molecule has 0 unspecified atom stereocenters. The van der Waals surface area contributed by atoms with Crippen LogP contribution in [0.5, 0.6) is 5.75 Å². The topological polar surface area (TPSA) is 77.8 Å². The Kier molecular flexibility index (Phi) is 4.93. The van der Waals surface area contributed by atoms with Gasteiger partial charge in [0.25, 0.3) is 5.91 Å². The van der Waals surface area contributed by atoms with Gasteiger partial charge in [0.15, 0.2) is 0 Å². The maximum absolute atomic E-state index is 12.6. The zero-order chi connectivity index (χ0) is 15.9. The summed E-state index contributed by atoms with van der Waals surface area (Å²) in [5.74, 6) is -1.60. The molecule has 0 aliphatic heterocycles. The number of phenols is 1. The van der Waals surface area contributed by atoms with Crippen LogP contribution >= 0.6 is 0 Å². The Bertz CT molecular complexity index is 695. The number of phenolic OH excluding ortho intramolecular Hbond substituents is 1. The number of aliphatic carboxylic acids is 1. The summed E-state index contributed by atoms with van der Waals surface area (Å²) in [4.78, 5) is 24.6. The molecule has 0 heterocycles. The van der Waals surface area contributed by atoms with Crippen molar-refractivity contribution in [3.8, 4) is 5.75 Å². The molecule has 5 heteroatoms. The maximum Gasteiger partial charge on any atom is 0.328 e. The van der Waals surface area contributed by atoms with Gasteiger partial charge in [-0.25, -0.2) is 4.79 Å². The molecule has 2 aromatic rings. The number of rotatable bonds is 5. The quantitative estimate of drug-likeness (QED) is 0.832. The highest BCUT2D eigenvalue weighted by Crippen LogP contribution is 2.22. The molecule has 0 bridgehead atoms. The fraction of sp³-hybridized carbons (Fsp3) is 0.0588. The number of carbonyl (C=O) groups is 2. The molecule has 0 atom stereocenters. The number of nitrogens with zero attached hydrogens (tertiary/aromatic N) is 1. The van der Waals surface area contributed by atoms with Gasteiger partial charge in [0, 0.05) is 18.3 Å². The number of hydrogen-bond donors (Lipinski definition) is 2. The molecule has 0 spiro atoms. The lowest BCUT2D eigenvalue weighted by molar-refractivity contribution is -0.131. The van der Waals surface area contributed by atoms with Crippen molar-refractivity contribution >= 4 is 17.6 Å². The van der Waals surface area contributed by atoms with Crippen LogP contribution < -0.4 is 4.90 Å². The third-order valence-electron chi connectivity index (χ3n) is 3.00. The van der Waals surface area contributed by atoms with Crippen molar-refractivity contribution in [2.45, 2.75) is 0 Å². The Morgan fingerprint density at radius 3 is 2.27 bits per heavy atom. The number of para-hydroxylation sites is 2. The first kappa shape index (κ1) is 15.3. The molecule has 1 amide bonds. The predicted octanol–water partition coefficient (Wildman–Crippen LogP) is 2.68. The van der Waals surface area contributed by atoms with E-state index in [1.54, 1.807) is 36.4 Å². The number of carbonyl (C=O) groups excluding carboxylic acids is 1. The fourth-order valence-electron chi connectivity index (χ4n) is 1.97. The summed E-state index contributed by atoms with van der Waals surface area (Å²) >= 11 is 0. The fourth-order valence-corrected chi connectivity index (χ4v) is 1.97. The average Bonchev–Trinajstić information content (AvgIpc) is 2.52. The predicted molar refractivity (Wildman–Crippen MR) is 83.0 cm³/mol. The number of benzene rings is 2. The first-order valence-corrected chi connectivity index (χ1v) is 6.64. The number of carboxylic acid groups (broad SMARTS) is 1. The van der Waals surface area contributed by atoms with Crippen LogP contribution in [0.4, 0.5) is 5.69 Å². The van der Waals surface area contributed by atoms with E-state index in [0.29, 0.717) is 5.69 Å². The first-order chi connectivity index (χ1) is 10.6. The van der Waals surface area contributed by atoms with E-state index >= 15 is 0 Å². The second-order valence-corrected chi connectivity index (χ2v) is 4.51. The lowest BCUT2D eigenvalue weighted by atomic mass is 10.1. The van der Waals surface area contributed by atoms with Crippen molar-refractivity contribution in [2.75, 3.05) is 11.4 Å². The number of amides is 1. The van der Waals surface area contributed by atoms with Crippen LogP contribution in [-0.4, -0.2) is 28.6 Å². The molecular weight excluding hydrogens is 282 g/mol. The molecule has 0 fully saturated rings. The summed E-state index contributed by atoms with van der Waals surface area (Å²) in [6.07, 6.45) is 2.36. The minimum atomic E-state index is -1.08. The standard InChI is InChI=1S/C17H15NO4/c19-15-10-5-4-9-14(15)17(22)18(12-6-11-16(20)21)13-7-2-1-3-8-13/h1-11,19H,12H2,(H,20,21). The van der Waals surface area contributed by atoms with Gasteiger partial charge in [0.1, 0.15) is 5.75 Å². The van der Waals surface area contributed by atoms with Crippen molar-refractivity contribution in [3.63, 3.8) is 0 Å². The van der Waals surface area contributed by atoms with Gasteiger partial charge < -0.3 is 15.1 Å². The van der Waals surface area contributed by atoms with Crippen LogP contribution in [0.2, 0.25) is 0 Å².